The van der Waals surface area contributed by atoms with E-state index in [1.165, 1.54) is 7.11 Å². The van der Waals surface area contributed by atoms with E-state index in [-0.39, 0.29) is 5.78 Å². The van der Waals surface area contributed by atoms with Crippen LogP contribution in [0.3, 0.4) is 0 Å². The van der Waals surface area contributed by atoms with Crippen LogP contribution in [-0.4, -0.2) is 29.8 Å². The van der Waals surface area contributed by atoms with Crippen molar-refractivity contribution < 1.29 is 14.3 Å². The van der Waals surface area contributed by atoms with E-state index in [2.05, 4.69) is 5.10 Å². The highest BCUT2D eigenvalue weighted by Crippen LogP contribution is 2.26. The second kappa shape index (κ2) is 6.23. The van der Waals surface area contributed by atoms with E-state index in [4.69, 9.17) is 9.47 Å². The summed E-state index contributed by atoms with van der Waals surface area (Å²) in [5.41, 5.74) is 1.07. The monoisotopic (exact) mass is 274 g/mol. The molecule has 0 N–H and O–H groups in total. The van der Waals surface area contributed by atoms with Gasteiger partial charge in [-0.15, -0.1) is 0 Å². The lowest BCUT2D eigenvalue weighted by atomic mass is 10.1. The molecular formula is C15H18N2O3. The molecule has 5 nitrogen and oxygen atoms in total. The number of nitrogens with zero attached hydrogens (tertiary/aromatic N) is 2. The number of benzene rings is 1. The highest BCUT2D eigenvalue weighted by Gasteiger charge is 2.18. The lowest BCUT2D eigenvalue weighted by Crippen LogP contribution is -2.12. The fraction of sp³-hybridized carbons (Fsp3) is 0.333. The third-order valence-electron chi connectivity index (χ3n) is 3.04. The van der Waals surface area contributed by atoms with E-state index in [1.807, 2.05) is 6.92 Å². The summed E-state index contributed by atoms with van der Waals surface area (Å²) >= 11 is 0. The molecule has 0 bridgehead atoms. The Balaban J connectivity index is 2.40. The maximum atomic E-state index is 12.6. The lowest BCUT2D eigenvalue weighted by molar-refractivity contribution is 0.102. The molecule has 0 amide bonds. The topological polar surface area (TPSA) is 53.4 Å². The number of ketones is 1. The molecular weight excluding hydrogens is 256 g/mol. The quantitative estimate of drug-likeness (QED) is 0.760. The average Bonchev–Trinajstić information content (AvgIpc) is 2.94. The molecule has 0 aliphatic rings. The van der Waals surface area contributed by atoms with Crippen molar-refractivity contribution in [3.05, 3.63) is 41.7 Å². The summed E-state index contributed by atoms with van der Waals surface area (Å²) in [6.07, 6.45) is 2.56. The minimum absolute atomic E-state index is 0.101. The smallest absolute Gasteiger partial charge is 0.214 e. The van der Waals surface area contributed by atoms with Gasteiger partial charge in [0.2, 0.25) is 5.78 Å². The number of rotatable bonds is 6. The molecule has 1 aromatic heterocycles. The molecule has 0 aliphatic heterocycles. The van der Waals surface area contributed by atoms with Crippen LogP contribution in [0.2, 0.25) is 0 Å². The van der Waals surface area contributed by atoms with Crippen molar-refractivity contribution in [2.45, 2.75) is 19.9 Å². The Kier molecular flexibility index (Phi) is 4.40. The number of methoxy groups -OCH3 is 2. The van der Waals surface area contributed by atoms with Crippen LogP contribution in [0.5, 0.6) is 11.5 Å². The molecule has 0 spiro atoms. The van der Waals surface area contributed by atoms with Crippen LogP contribution in [0.15, 0.2) is 30.5 Å². The molecule has 1 heterocycles. The summed E-state index contributed by atoms with van der Waals surface area (Å²) in [5.74, 6) is 1.05. The standard InChI is InChI=1S/C15H18N2O3/c1-4-9-17-13(7-8-16-17)15(18)12-6-5-11(19-2)10-14(12)20-3/h5-8,10H,4,9H2,1-3H3. The first-order valence-corrected chi connectivity index (χ1v) is 6.49. The maximum Gasteiger partial charge on any atom is 0.214 e. The zero-order valence-corrected chi connectivity index (χ0v) is 11.9. The Labute approximate surface area is 118 Å². The van der Waals surface area contributed by atoms with Crippen LogP contribution < -0.4 is 9.47 Å². The summed E-state index contributed by atoms with van der Waals surface area (Å²) in [6.45, 7) is 2.76. The molecule has 5 heteroatoms. The fourth-order valence-corrected chi connectivity index (χ4v) is 2.04. The van der Waals surface area contributed by atoms with Gasteiger partial charge in [0, 0.05) is 18.8 Å². The van der Waals surface area contributed by atoms with Crippen LogP contribution in [0.1, 0.15) is 29.4 Å². The predicted octanol–water partition coefficient (Wildman–Crippen LogP) is 2.54. The van der Waals surface area contributed by atoms with Gasteiger partial charge in [0.15, 0.2) is 0 Å². The molecule has 1 aromatic carbocycles. The molecule has 0 unspecified atom stereocenters. The Morgan fingerprint density at radius 3 is 2.70 bits per heavy atom. The number of hydrogen-bond acceptors (Lipinski definition) is 4. The van der Waals surface area contributed by atoms with Gasteiger partial charge in [-0.25, -0.2) is 0 Å². The molecule has 0 saturated heterocycles. The van der Waals surface area contributed by atoms with Crippen molar-refractivity contribution in [3.63, 3.8) is 0 Å². The summed E-state index contributed by atoms with van der Waals surface area (Å²) < 4.78 is 12.1. The summed E-state index contributed by atoms with van der Waals surface area (Å²) in [7, 11) is 3.11. The first-order chi connectivity index (χ1) is 9.71. The fourth-order valence-electron chi connectivity index (χ4n) is 2.04. The minimum Gasteiger partial charge on any atom is -0.497 e. The summed E-state index contributed by atoms with van der Waals surface area (Å²) in [4.78, 5) is 12.6. The van der Waals surface area contributed by atoms with Crippen molar-refractivity contribution in [2.75, 3.05) is 14.2 Å². The first kappa shape index (κ1) is 14.1. The number of carbonyl (C=O) groups is 1. The molecule has 0 saturated carbocycles. The van der Waals surface area contributed by atoms with Gasteiger partial charge in [-0.1, -0.05) is 6.92 Å². The van der Waals surface area contributed by atoms with E-state index < -0.39 is 0 Å². The van der Waals surface area contributed by atoms with Gasteiger partial charge in [-0.05, 0) is 24.6 Å². The Hall–Kier alpha value is -2.30. The number of ether oxygens (including phenoxy) is 2. The zero-order chi connectivity index (χ0) is 14.5. The molecule has 0 atom stereocenters. The van der Waals surface area contributed by atoms with E-state index in [1.54, 1.807) is 42.3 Å². The van der Waals surface area contributed by atoms with Crippen LogP contribution in [0.25, 0.3) is 0 Å². The van der Waals surface area contributed by atoms with Gasteiger partial charge in [-0.2, -0.15) is 5.10 Å². The van der Waals surface area contributed by atoms with Crippen molar-refractivity contribution >= 4 is 5.78 Å². The van der Waals surface area contributed by atoms with E-state index in [0.29, 0.717) is 29.3 Å². The molecule has 20 heavy (non-hydrogen) atoms. The largest absolute Gasteiger partial charge is 0.497 e. The van der Waals surface area contributed by atoms with E-state index in [9.17, 15) is 4.79 Å². The summed E-state index contributed by atoms with van der Waals surface area (Å²) in [6, 6.07) is 6.88. The molecule has 0 fully saturated rings. The van der Waals surface area contributed by atoms with Gasteiger partial charge < -0.3 is 9.47 Å². The number of carbonyl (C=O) groups excluding carboxylic acids is 1. The summed E-state index contributed by atoms with van der Waals surface area (Å²) in [5, 5.41) is 4.17. The van der Waals surface area contributed by atoms with E-state index in [0.717, 1.165) is 6.42 Å². The predicted molar refractivity (Wildman–Crippen MR) is 75.5 cm³/mol. The Bertz CT molecular complexity index is 605. The normalized spacial score (nSPS) is 10.3. The van der Waals surface area contributed by atoms with Crippen LogP contribution in [0, 0.1) is 0 Å². The molecule has 0 radical (unpaired) electrons. The van der Waals surface area contributed by atoms with Crippen LogP contribution in [-0.2, 0) is 6.54 Å². The molecule has 106 valence electrons. The van der Waals surface area contributed by atoms with Crippen LogP contribution in [0.4, 0.5) is 0 Å². The highest BCUT2D eigenvalue weighted by atomic mass is 16.5. The lowest BCUT2D eigenvalue weighted by Gasteiger charge is -2.10. The zero-order valence-electron chi connectivity index (χ0n) is 11.9. The van der Waals surface area contributed by atoms with Crippen LogP contribution >= 0.6 is 0 Å². The van der Waals surface area contributed by atoms with Gasteiger partial charge in [-0.3, -0.25) is 9.48 Å². The van der Waals surface area contributed by atoms with Crippen molar-refractivity contribution in [1.82, 2.24) is 9.78 Å². The SMILES string of the molecule is CCCn1nccc1C(=O)c1ccc(OC)cc1OC. The second-order valence-corrected chi connectivity index (χ2v) is 4.33. The Morgan fingerprint density at radius 1 is 1.25 bits per heavy atom. The molecule has 2 rings (SSSR count). The van der Waals surface area contributed by atoms with Gasteiger partial charge >= 0.3 is 0 Å². The van der Waals surface area contributed by atoms with E-state index >= 15 is 0 Å². The average molecular weight is 274 g/mol. The number of hydrogen-bond donors (Lipinski definition) is 0. The maximum absolute atomic E-state index is 12.6. The highest BCUT2D eigenvalue weighted by molar-refractivity contribution is 6.09. The number of aryl methyl sites for hydroxylation is 1. The minimum atomic E-state index is -0.101. The van der Waals surface area contributed by atoms with Crippen molar-refractivity contribution in [2.24, 2.45) is 0 Å². The van der Waals surface area contributed by atoms with Crippen molar-refractivity contribution in [3.8, 4) is 11.5 Å². The first-order valence-electron chi connectivity index (χ1n) is 6.49. The van der Waals surface area contributed by atoms with Crippen molar-refractivity contribution in [1.29, 1.82) is 0 Å². The van der Waals surface area contributed by atoms with Gasteiger partial charge in [0.25, 0.3) is 0 Å². The van der Waals surface area contributed by atoms with Gasteiger partial charge in [0.1, 0.15) is 17.2 Å². The second-order valence-electron chi connectivity index (χ2n) is 4.33. The molecule has 0 aliphatic carbocycles. The Morgan fingerprint density at radius 2 is 2.05 bits per heavy atom. The third-order valence-corrected chi connectivity index (χ3v) is 3.04. The number of aromatic nitrogens is 2. The van der Waals surface area contributed by atoms with Gasteiger partial charge in [0.05, 0.1) is 19.8 Å². The third kappa shape index (κ3) is 2.66. The molecule has 2 aromatic rings.